The molecule has 0 saturated carbocycles. The van der Waals surface area contributed by atoms with Crippen LogP contribution in [-0.2, 0) is 4.57 Å². The molecule has 0 unspecified atom stereocenters. The van der Waals surface area contributed by atoms with Crippen molar-refractivity contribution in [3.05, 3.63) is 0 Å². The maximum absolute atomic E-state index is 8.77. The Hall–Kier alpha value is 3.52. The van der Waals surface area contributed by atoms with Gasteiger partial charge in [0.25, 0.3) is 7.82 Å². The van der Waals surface area contributed by atoms with E-state index < -0.39 is 20.1 Å². The van der Waals surface area contributed by atoms with Crippen LogP contribution < -0.4 is 175 Å². The molecule has 88 valence electrons. The van der Waals surface area contributed by atoms with Crippen LogP contribution in [0.4, 0.5) is 9.59 Å². The van der Waals surface area contributed by atoms with Crippen LogP contribution in [-0.4, -0.2) is 32.3 Å². The monoisotopic (exact) mass is 353 g/mol. The molecule has 0 aliphatic rings. The molecule has 0 amide bonds. The quantitative estimate of drug-likeness (QED) is 0.202. The summed E-state index contributed by atoms with van der Waals surface area (Å²) in [5.74, 6) is 0. The third kappa shape index (κ3) is 484. The van der Waals surface area contributed by atoms with Gasteiger partial charge in [-0.25, -0.2) is 0 Å². The molecule has 7 N–H and O–H groups in total. The van der Waals surface area contributed by atoms with Crippen molar-refractivity contribution >= 4 is 20.1 Å². The van der Waals surface area contributed by atoms with E-state index >= 15 is 0 Å². The van der Waals surface area contributed by atoms with E-state index in [1.54, 1.807) is 0 Å². The van der Waals surface area contributed by atoms with Crippen LogP contribution in [0.15, 0.2) is 0 Å². The Kier molecular flexibility index (Phi) is 69.9. The first-order chi connectivity index (χ1) is 5.46. The standard InChI is InChI=1S/2CH2O3.3K.H3N.H3O4P/c2*2-1(3)4;;;;;1-5(2,3)4/h2*(H2,2,3,4);;;;1H3;(H3,1,2,3,4)/q;;3*+1;;/p-3. The molecule has 0 atom stereocenters. The molecule has 0 fully saturated rings. The second-order valence-corrected chi connectivity index (χ2v) is 2.00. The number of hydrogen-bond acceptors (Lipinski definition) is 7. The number of carboxylic acid groups (broad SMARTS) is 4. The van der Waals surface area contributed by atoms with Crippen molar-refractivity contribution < 1.29 is 203 Å². The Morgan fingerprint density at radius 2 is 0.882 bits per heavy atom. The molecule has 0 rings (SSSR count). The first kappa shape index (κ1) is 42.8. The average molecular weight is 353 g/mol. The normalized spacial score (nSPS) is 6.29. The SMILES string of the molecule is N.O=C([O-])O.O=C([O-])O.O=P([O-])(O)O.[K+].[K+].[K+]. The van der Waals surface area contributed by atoms with E-state index in [9.17, 15) is 0 Å². The van der Waals surface area contributed by atoms with E-state index in [1.165, 1.54) is 0 Å². The fraction of sp³-hybridized carbons (Fsp3) is 0. The summed E-state index contributed by atoms with van der Waals surface area (Å²) in [6.07, 6.45) is -4.17. The minimum Gasteiger partial charge on any atom is -0.756 e. The molecule has 0 bridgehead atoms. The van der Waals surface area contributed by atoms with Crippen LogP contribution in [0.3, 0.4) is 0 Å². The predicted octanol–water partition coefficient (Wildman–Crippen LogP) is -12.6. The van der Waals surface area contributed by atoms with Crippen LogP contribution in [0.2, 0.25) is 0 Å². The topological polar surface area (TPSA) is 236 Å². The predicted molar refractivity (Wildman–Crippen MR) is 33.1 cm³/mol. The fourth-order valence-electron chi connectivity index (χ4n) is 0. The Morgan fingerprint density at radius 3 is 0.882 bits per heavy atom. The van der Waals surface area contributed by atoms with Gasteiger partial charge in [-0.15, -0.1) is 0 Å². The summed E-state index contributed by atoms with van der Waals surface area (Å²) >= 11 is 0. The summed E-state index contributed by atoms with van der Waals surface area (Å²) in [5.41, 5.74) is 0. The summed E-state index contributed by atoms with van der Waals surface area (Å²) in [5, 5.41) is 30.6. The van der Waals surface area contributed by atoms with E-state index in [1.807, 2.05) is 0 Å². The zero-order chi connectivity index (χ0) is 11.7. The van der Waals surface area contributed by atoms with Crippen molar-refractivity contribution in [2.75, 3.05) is 0 Å². The summed E-state index contributed by atoms with van der Waals surface area (Å²) < 4.78 is 8.77. The molecular formula is C2H7K3NO10P. The van der Waals surface area contributed by atoms with E-state index in [-0.39, 0.29) is 160 Å². The average Bonchev–Trinajstić information content (AvgIpc) is 1.50. The van der Waals surface area contributed by atoms with Gasteiger partial charge in [0.15, 0.2) is 0 Å². The molecule has 0 radical (unpaired) electrons. The smallest absolute Gasteiger partial charge is 0.756 e. The molecule has 0 aliphatic heterocycles. The van der Waals surface area contributed by atoms with E-state index in [2.05, 4.69) is 0 Å². The molecule has 15 heteroatoms. The second-order valence-electron chi connectivity index (χ2n) is 1.02. The van der Waals surface area contributed by atoms with E-state index in [0.29, 0.717) is 0 Å². The van der Waals surface area contributed by atoms with E-state index in [0.717, 1.165) is 0 Å². The van der Waals surface area contributed by atoms with Gasteiger partial charge in [-0.2, -0.15) is 0 Å². The second kappa shape index (κ2) is 27.8. The molecule has 0 heterocycles. The summed E-state index contributed by atoms with van der Waals surface area (Å²) in [4.78, 5) is 39.8. The van der Waals surface area contributed by atoms with Crippen molar-refractivity contribution in [2.24, 2.45) is 0 Å². The molecular weight excluding hydrogens is 346 g/mol. The van der Waals surface area contributed by atoms with Gasteiger partial charge >= 0.3 is 154 Å². The van der Waals surface area contributed by atoms with Gasteiger partial charge in [0.1, 0.15) is 0 Å². The van der Waals surface area contributed by atoms with Crippen LogP contribution in [0.1, 0.15) is 0 Å². The van der Waals surface area contributed by atoms with Crippen LogP contribution in [0, 0.1) is 0 Å². The van der Waals surface area contributed by atoms with Gasteiger partial charge in [0.05, 0.1) is 0 Å². The summed E-state index contributed by atoms with van der Waals surface area (Å²) in [6.45, 7) is 0. The van der Waals surface area contributed by atoms with Crippen molar-refractivity contribution in [1.82, 2.24) is 6.15 Å². The molecule has 0 aromatic carbocycles. The van der Waals surface area contributed by atoms with Gasteiger partial charge in [-0.3, -0.25) is 4.57 Å². The number of phosphoric acid groups is 1. The summed E-state index contributed by atoms with van der Waals surface area (Å²) in [7, 11) is -4.89. The first-order valence-electron chi connectivity index (χ1n) is 2.03. The third-order valence-electron chi connectivity index (χ3n) is 0. The maximum Gasteiger partial charge on any atom is 1.00 e. The Balaban J connectivity index is -0.0000000159. The van der Waals surface area contributed by atoms with Crippen LogP contribution >= 0.6 is 7.82 Å². The van der Waals surface area contributed by atoms with Crippen molar-refractivity contribution in [1.29, 1.82) is 0 Å². The molecule has 0 saturated heterocycles. The van der Waals surface area contributed by atoms with Crippen LogP contribution in [0.5, 0.6) is 0 Å². The van der Waals surface area contributed by atoms with Gasteiger partial charge in [-0.1, -0.05) is 0 Å². The number of hydrogen-bond donors (Lipinski definition) is 5. The largest absolute Gasteiger partial charge is 1.00 e. The number of rotatable bonds is 0. The number of carbonyl (C=O) groups is 2. The van der Waals surface area contributed by atoms with Gasteiger partial charge in [0.2, 0.25) is 12.3 Å². The molecule has 0 spiro atoms. The first-order valence-corrected chi connectivity index (χ1v) is 3.56. The molecule has 11 nitrogen and oxygen atoms in total. The minimum atomic E-state index is -4.89. The van der Waals surface area contributed by atoms with Crippen LogP contribution in [0.25, 0.3) is 0 Å². The van der Waals surface area contributed by atoms with Crippen molar-refractivity contribution in [3.8, 4) is 0 Å². The van der Waals surface area contributed by atoms with Crippen molar-refractivity contribution in [2.45, 2.75) is 0 Å². The molecule has 0 aromatic heterocycles. The van der Waals surface area contributed by atoms with E-state index in [4.69, 9.17) is 49.3 Å². The molecule has 0 aliphatic carbocycles. The Bertz CT molecular complexity index is 177. The third-order valence-corrected chi connectivity index (χ3v) is 0. The van der Waals surface area contributed by atoms with Gasteiger partial charge in [0, 0.05) is 0 Å². The Labute approximate surface area is 223 Å². The fourth-order valence-corrected chi connectivity index (χ4v) is 0. The zero-order valence-corrected chi connectivity index (χ0v) is 19.7. The minimum absolute atomic E-state index is 0. The Morgan fingerprint density at radius 1 is 0.882 bits per heavy atom. The van der Waals surface area contributed by atoms with Crippen molar-refractivity contribution in [3.63, 3.8) is 0 Å². The molecule has 0 aromatic rings. The summed E-state index contributed by atoms with van der Waals surface area (Å²) in [6, 6.07) is 0. The maximum atomic E-state index is 8.77. The zero-order valence-electron chi connectivity index (χ0n) is 9.39. The molecule has 17 heavy (non-hydrogen) atoms. The van der Waals surface area contributed by atoms with Gasteiger partial charge < -0.3 is 50.8 Å². The van der Waals surface area contributed by atoms with Gasteiger partial charge in [-0.05, 0) is 0 Å².